The van der Waals surface area contributed by atoms with Crippen LogP contribution in [0.15, 0.2) is 170 Å². The van der Waals surface area contributed by atoms with Gasteiger partial charge in [-0.3, -0.25) is 9.59 Å². The van der Waals surface area contributed by atoms with Crippen LogP contribution in [0.1, 0.15) is 68.4 Å². The molecular weight excluding hydrogens is 1210 g/mol. The van der Waals surface area contributed by atoms with Gasteiger partial charge in [0.05, 0.1) is 81.3 Å². The molecule has 1 saturated heterocycles. The Morgan fingerprint density at radius 2 is 0.643 bits per heavy atom. The molecule has 4 N–H and O–H groups in total. The number of benzene rings is 8. The van der Waals surface area contributed by atoms with Crippen molar-refractivity contribution in [3.63, 3.8) is 0 Å². The van der Waals surface area contributed by atoms with E-state index in [1.165, 1.54) is 12.8 Å². The van der Waals surface area contributed by atoms with Gasteiger partial charge in [0, 0.05) is 68.4 Å². The van der Waals surface area contributed by atoms with E-state index in [9.17, 15) is 9.59 Å². The number of halogens is 2. The van der Waals surface area contributed by atoms with Crippen LogP contribution in [0.3, 0.4) is 0 Å². The number of carbonyl (C=O) groups excluding carboxylic acids is 2. The minimum absolute atomic E-state index is 0. The van der Waals surface area contributed by atoms with Gasteiger partial charge in [-0.2, -0.15) is 0 Å². The van der Waals surface area contributed by atoms with Gasteiger partial charge in [0.1, 0.15) is 23.0 Å². The molecule has 0 aromatic heterocycles. The third-order valence-electron chi connectivity index (χ3n) is 13.2. The van der Waals surface area contributed by atoms with Crippen molar-refractivity contribution in [2.75, 3.05) is 81.3 Å². The number of methoxy groups -OCH3 is 4. The van der Waals surface area contributed by atoms with Gasteiger partial charge >= 0.3 is 29.6 Å². The fraction of sp³-hybridized carbons (Fsp3) is 0.265. The van der Waals surface area contributed by atoms with Crippen LogP contribution < -0.4 is 48.5 Å². The number of rotatable bonds is 23. The fourth-order valence-electron chi connectivity index (χ4n) is 8.86. The van der Waals surface area contributed by atoms with Crippen LogP contribution in [-0.2, 0) is 38.1 Å². The number of aliphatic hydroxyl groups excluding tert-OH is 4. The number of aliphatic hydroxyl groups is 4. The van der Waals surface area contributed by atoms with E-state index < -0.39 is 0 Å². The van der Waals surface area contributed by atoms with Crippen molar-refractivity contribution in [3.05, 3.63) is 214 Å². The Morgan fingerprint density at radius 3 is 0.857 bits per heavy atom. The van der Waals surface area contributed by atoms with E-state index >= 15 is 0 Å². The van der Waals surface area contributed by atoms with Gasteiger partial charge in [0.15, 0.2) is 11.6 Å². The largest absolute Gasteiger partial charge is 1.00 e. The molecule has 13 nitrogen and oxygen atoms in total. The average molecular weight is 1280 g/mol. The summed E-state index contributed by atoms with van der Waals surface area (Å²) in [4.78, 5) is 26.3. The van der Waals surface area contributed by atoms with Crippen LogP contribution >= 0.6 is 31.9 Å². The maximum Gasteiger partial charge on any atom is 1.00 e. The summed E-state index contributed by atoms with van der Waals surface area (Å²) in [5.74, 6) is 3.10. The number of carbonyl (C=O) groups is 2. The van der Waals surface area contributed by atoms with Gasteiger partial charge in [-0.1, -0.05) is 153 Å². The van der Waals surface area contributed by atoms with Crippen LogP contribution in [0.2, 0.25) is 0 Å². The molecule has 1 aliphatic heterocycles. The predicted octanol–water partition coefficient (Wildman–Crippen LogP) is 10.2. The number of hydrogen-bond donors (Lipinski definition) is 4. The Morgan fingerprint density at radius 1 is 0.393 bits per heavy atom. The summed E-state index contributed by atoms with van der Waals surface area (Å²) in [7, 11) is 6.57. The zero-order valence-electron chi connectivity index (χ0n) is 49.3. The summed E-state index contributed by atoms with van der Waals surface area (Å²) in [6.07, 6.45) is 2.56. The molecule has 16 heteroatoms. The van der Waals surface area contributed by atoms with E-state index in [1.807, 2.05) is 158 Å². The number of alkyl halides is 2. The van der Waals surface area contributed by atoms with Crippen LogP contribution in [-0.4, -0.2) is 113 Å². The molecule has 0 amide bonds. The maximum absolute atomic E-state index is 13.2. The SMILES string of the molecule is C1CCOC1.COc1ccc(-c2ccc(C(=O)c3ccc(-c4ccc(OC)c(CBr)c4)cc3)cc2)cc1CBr.COc1ccc(-c2ccc(C(=O)c3ccc(-c4ccc(OC)c(COCCO)c4)cc3)cc2)cc1COCCO.OCCO.[H-].[Na+]. The van der Waals surface area contributed by atoms with Crippen LogP contribution in [0, 0.1) is 0 Å². The molecule has 0 unspecified atom stereocenters. The first-order chi connectivity index (χ1) is 40.6. The molecule has 0 spiro atoms. The van der Waals surface area contributed by atoms with Crippen LogP contribution in [0.5, 0.6) is 23.0 Å². The van der Waals surface area contributed by atoms with Crippen molar-refractivity contribution in [2.45, 2.75) is 36.7 Å². The Labute approximate surface area is 533 Å². The van der Waals surface area contributed by atoms with Crippen LogP contribution in [0.25, 0.3) is 44.5 Å². The van der Waals surface area contributed by atoms with Crippen molar-refractivity contribution in [1.29, 1.82) is 0 Å². The second-order valence-corrected chi connectivity index (χ2v) is 19.8. The Bertz CT molecular complexity index is 3050. The van der Waals surface area contributed by atoms with Gasteiger partial charge in [0.25, 0.3) is 0 Å². The standard InChI is InChI=1S/C33H34O7.C29H24Br2O3.C4H8O.C2H6O2.Na.H/c1-37-31-13-11-27(19-29(31)21-39-17-15-34)23-3-7-25(8-4-23)33(36)26-9-5-24(6-10-26)28-12-14-32(38-2)30(20-28)22-40-18-16-35;1-33-27-13-11-23(15-25(27)17-30)19-3-7-21(8-4-19)29(32)22-9-5-20(6-10-22)24-12-14-28(34-2)26(16-24)18-31;1-2-4-5-3-1;3-1-2-4;;/h3-14,19-20,34-35H,15-18,21-22H2,1-2H3;3-16H,17-18H2,1-2H3;1-4H2;3-4H,1-2H2;;/q;;;;+1;-1. The van der Waals surface area contributed by atoms with Crippen molar-refractivity contribution in [2.24, 2.45) is 0 Å². The molecule has 8 aromatic carbocycles. The van der Waals surface area contributed by atoms with E-state index in [4.69, 9.17) is 53.6 Å². The minimum Gasteiger partial charge on any atom is -1.00 e. The number of ketones is 2. The van der Waals surface area contributed by atoms with Crippen molar-refractivity contribution in [1.82, 2.24) is 0 Å². The zero-order valence-corrected chi connectivity index (χ0v) is 53.5. The molecule has 8 aromatic rings. The summed E-state index contributed by atoms with van der Waals surface area (Å²) in [5.41, 5.74) is 14.6. The normalized spacial score (nSPS) is 11.3. The zero-order chi connectivity index (χ0) is 59.3. The second kappa shape index (κ2) is 37.4. The van der Waals surface area contributed by atoms with E-state index in [0.29, 0.717) is 46.1 Å². The Hall–Kier alpha value is -6.02. The summed E-state index contributed by atoms with van der Waals surface area (Å²) >= 11 is 7.03. The fourth-order valence-corrected chi connectivity index (χ4v) is 9.74. The molecular formula is C68H73Br2NaO13. The third kappa shape index (κ3) is 20.0. The molecule has 0 saturated carbocycles. The van der Waals surface area contributed by atoms with Crippen molar-refractivity contribution in [3.8, 4) is 67.5 Å². The average Bonchev–Trinajstić information content (AvgIpc) is 4.20. The smallest absolute Gasteiger partial charge is 1.00 e. The minimum atomic E-state index is -0.125. The first-order valence-corrected chi connectivity index (χ1v) is 29.3. The third-order valence-corrected chi connectivity index (χ3v) is 14.5. The molecule has 1 fully saturated rings. The molecule has 438 valence electrons. The second-order valence-electron chi connectivity index (χ2n) is 18.7. The maximum atomic E-state index is 13.2. The molecule has 84 heavy (non-hydrogen) atoms. The molecule has 9 rings (SSSR count). The molecule has 1 aliphatic rings. The topological polar surface area (TPSA) is 180 Å². The van der Waals surface area contributed by atoms with Crippen molar-refractivity contribution < 1.29 is 94.2 Å². The molecule has 1 heterocycles. The van der Waals surface area contributed by atoms with Gasteiger partial charge in [0.2, 0.25) is 0 Å². The van der Waals surface area contributed by atoms with E-state index in [0.717, 1.165) is 103 Å². The Kier molecular flexibility index (Phi) is 30.6. The quantitative estimate of drug-likeness (QED) is 0.0206. The van der Waals surface area contributed by atoms with Crippen LogP contribution in [0.4, 0.5) is 0 Å². The molecule has 0 bridgehead atoms. The number of hydrogen-bond acceptors (Lipinski definition) is 13. The molecule has 0 aliphatic carbocycles. The van der Waals surface area contributed by atoms with Gasteiger partial charge < -0.3 is 55.0 Å². The molecule has 0 radical (unpaired) electrons. The van der Waals surface area contributed by atoms with E-state index in [-0.39, 0.29) is 82.2 Å². The predicted molar refractivity (Wildman–Crippen MR) is 335 cm³/mol. The van der Waals surface area contributed by atoms with Gasteiger partial charge in [-0.05, 0) is 106 Å². The summed E-state index contributed by atoms with van der Waals surface area (Å²) in [6, 6.07) is 54.4. The monoisotopic (exact) mass is 1280 g/mol. The first kappa shape index (κ1) is 68.8. The summed E-state index contributed by atoms with van der Waals surface area (Å²) < 4.78 is 37.6. The van der Waals surface area contributed by atoms with Gasteiger partial charge in [-0.15, -0.1) is 0 Å². The summed E-state index contributed by atoms with van der Waals surface area (Å²) in [6.45, 7) is 2.85. The van der Waals surface area contributed by atoms with E-state index in [2.05, 4.69) is 44.0 Å². The first-order valence-electron chi connectivity index (χ1n) is 27.0. The number of ether oxygens (including phenoxy) is 7. The Balaban J connectivity index is 0.000000313. The van der Waals surface area contributed by atoms with Crippen molar-refractivity contribution >= 4 is 43.4 Å². The van der Waals surface area contributed by atoms with E-state index in [1.54, 1.807) is 28.4 Å². The summed E-state index contributed by atoms with van der Waals surface area (Å²) in [5, 5.41) is 34.6. The van der Waals surface area contributed by atoms with Gasteiger partial charge in [-0.25, -0.2) is 0 Å². The molecule has 0 atom stereocenters.